The zero-order chi connectivity index (χ0) is 24.7. The average molecular weight is 484 g/mol. The summed E-state index contributed by atoms with van der Waals surface area (Å²) < 4.78 is 80.4. The summed E-state index contributed by atoms with van der Waals surface area (Å²) in [4.78, 5) is 1.60. The first-order valence-corrected chi connectivity index (χ1v) is 10.6. The number of fused-ring (bicyclic) bond motifs is 1. The van der Waals surface area contributed by atoms with E-state index in [1.807, 2.05) is 26.0 Å². The summed E-state index contributed by atoms with van der Waals surface area (Å²) in [7, 11) is 0. The lowest BCUT2D eigenvalue weighted by Gasteiger charge is -2.32. The zero-order valence-corrected chi connectivity index (χ0v) is 18.3. The van der Waals surface area contributed by atoms with Crippen LogP contribution >= 0.6 is 0 Å². The SMILES string of the molecule is Cc1cc2c(cc1C)C(N(Cc1cc(C(F)(F)F)cc(C(F)(F)F)c1)c1nn[nH]n1)CCCN2. The highest BCUT2D eigenvalue weighted by atomic mass is 19.4. The van der Waals surface area contributed by atoms with Crippen LogP contribution in [-0.4, -0.2) is 27.2 Å². The van der Waals surface area contributed by atoms with Crippen LogP contribution in [0.5, 0.6) is 0 Å². The van der Waals surface area contributed by atoms with Gasteiger partial charge in [0.05, 0.1) is 17.2 Å². The van der Waals surface area contributed by atoms with Gasteiger partial charge in [0.1, 0.15) is 0 Å². The summed E-state index contributed by atoms with van der Waals surface area (Å²) in [5.41, 5.74) is 0.923. The number of benzene rings is 2. The van der Waals surface area contributed by atoms with Crippen molar-refractivity contribution in [3.63, 3.8) is 0 Å². The van der Waals surface area contributed by atoms with Crippen molar-refractivity contribution in [3.8, 4) is 0 Å². The fourth-order valence-corrected chi connectivity index (χ4v) is 4.17. The van der Waals surface area contributed by atoms with Gasteiger partial charge in [-0.25, -0.2) is 0 Å². The number of hydrogen-bond donors (Lipinski definition) is 2. The monoisotopic (exact) mass is 484 g/mol. The Morgan fingerprint density at radius 2 is 1.59 bits per heavy atom. The van der Waals surface area contributed by atoms with Crippen molar-refractivity contribution in [2.24, 2.45) is 0 Å². The van der Waals surface area contributed by atoms with Crippen molar-refractivity contribution in [1.82, 2.24) is 20.6 Å². The Morgan fingerprint density at radius 1 is 0.941 bits per heavy atom. The maximum absolute atomic E-state index is 13.4. The van der Waals surface area contributed by atoms with Gasteiger partial charge in [-0.3, -0.25) is 0 Å². The molecule has 0 saturated heterocycles. The molecule has 2 N–H and O–H groups in total. The minimum atomic E-state index is -4.93. The number of H-pyrrole nitrogens is 1. The van der Waals surface area contributed by atoms with E-state index in [0.29, 0.717) is 13.0 Å². The molecule has 1 aliphatic rings. The molecule has 1 unspecified atom stereocenters. The fourth-order valence-electron chi connectivity index (χ4n) is 4.17. The molecule has 0 radical (unpaired) electrons. The molecule has 0 fully saturated rings. The molecular formula is C22H22F6N6. The van der Waals surface area contributed by atoms with Crippen molar-refractivity contribution in [2.45, 2.75) is 51.6 Å². The number of aryl methyl sites for hydroxylation is 2. The molecule has 34 heavy (non-hydrogen) atoms. The van der Waals surface area contributed by atoms with Crippen LogP contribution in [0.25, 0.3) is 0 Å². The molecule has 182 valence electrons. The third-order valence-corrected chi connectivity index (χ3v) is 5.96. The van der Waals surface area contributed by atoms with Gasteiger partial charge >= 0.3 is 12.4 Å². The van der Waals surface area contributed by atoms with Crippen LogP contribution in [0.3, 0.4) is 0 Å². The van der Waals surface area contributed by atoms with Crippen LogP contribution in [0, 0.1) is 13.8 Å². The van der Waals surface area contributed by atoms with Gasteiger partial charge < -0.3 is 10.2 Å². The first kappa shape index (κ1) is 23.8. The maximum atomic E-state index is 13.4. The number of tetrazole rings is 1. The summed E-state index contributed by atoms with van der Waals surface area (Å²) in [5, 5.41) is 17.2. The van der Waals surface area contributed by atoms with E-state index < -0.39 is 29.5 Å². The standard InChI is InChI=1S/C22H22F6N6/c1-12-6-17-18(7-13(12)2)29-5-3-4-19(17)34(20-30-32-33-31-20)11-14-8-15(21(23,24)25)10-16(9-14)22(26,27)28/h6-10,19,29H,3-5,11H2,1-2H3,(H,30,31,32,33). The van der Waals surface area contributed by atoms with Crippen molar-refractivity contribution >= 4 is 11.6 Å². The minimum absolute atomic E-state index is 0.0852. The second kappa shape index (κ2) is 8.80. The second-order valence-corrected chi connectivity index (χ2v) is 8.36. The van der Waals surface area contributed by atoms with E-state index in [9.17, 15) is 26.3 Å². The van der Waals surface area contributed by atoms with Crippen LogP contribution in [0.15, 0.2) is 30.3 Å². The van der Waals surface area contributed by atoms with Gasteiger partial charge in [0.15, 0.2) is 0 Å². The Kier molecular flexibility index (Phi) is 6.17. The molecule has 2 aromatic carbocycles. The Balaban J connectivity index is 1.82. The molecule has 0 spiro atoms. The smallest absolute Gasteiger partial charge is 0.385 e. The van der Waals surface area contributed by atoms with Crippen LogP contribution in [0.2, 0.25) is 0 Å². The van der Waals surface area contributed by atoms with E-state index in [2.05, 4.69) is 25.9 Å². The molecule has 2 heterocycles. The van der Waals surface area contributed by atoms with Crippen molar-refractivity contribution in [2.75, 3.05) is 16.8 Å². The van der Waals surface area contributed by atoms with Crippen LogP contribution in [0.1, 0.15) is 52.3 Å². The zero-order valence-electron chi connectivity index (χ0n) is 18.3. The van der Waals surface area contributed by atoms with Gasteiger partial charge in [0.2, 0.25) is 0 Å². The molecule has 12 heteroatoms. The van der Waals surface area contributed by atoms with Gasteiger partial charge in [0, 0.05) is 18.8 Å². The Bertz CT molecular complexity index is 1120. The molecule has 6 nitrogen and oxygen atoms in total. The summed E-state index contributed by atoms with van der Waals surface area (Å²) in [6, 6.07) is 5.17. The lowest BCUT2D eigenvalue weighted by molar-refractivity contribution is -0.143. The van der Waals surface area contributed by atoms with E-state index in [1.54, 1.807) is 4.90 Å². The number of nitrogens with zero attached hydrogens (tertiary/aromatic N) is 4. The molecule has 4 rings (SSSR count). The predicted octanol–water partition coefficient (Wildman–Crippen LogP) is 5.81. The number of anilines is 2. The van der Waals surface area contributed by atoms with Gasteiger partial charge in [-0.1, -0.05) is 11.2 Å². The predicted molar refractivity (Wildman–Crippen MR) is 113 cm³/mol. The number of hydrogen-bond acceptors (Lipinski definition) is 5. The van der Waals surface area contributed by atoms with E-state index in [4.69, 9.17) is 0 Å². The summed E-state index contributed by atoms with van der Waals surface area (Å²) in [5.74, 6) is 0.0852. The molecule has 0 aliphatic carbocycles. The quantitative estimate of drug-likeness (QED) is 0.458. The summed E-state index contributed by atoms with van der Waals surface area (Å²) >= 11 is 0. The number of alkyl halides is 6. The number of rotatable bonds is 4. The Hall–Kier alpha value is -3.31. The first-order valence-electron chi connectivity index (χ1n) is 10.6. The highest BCUT2D eigenvalue weighted by Crippen LogP contribution is 2.40. The van der Waals surface area contributed by atoms with Crippen molar-refractivity contribution in [3.05, 3.63) is 63.7 Å². The molecular weight excluding hydrogens is 462 g/mol. The number of halogens is 6. The van der Waals surface area contributed by atoms with E-state index in [1.165, 1.54) is 0 Å². The topological polar surface area (TPSA) is 69.7 Å². The first-order chi connectivity index (χ1) is 15.9. The highest BCUT2D eigenvalue weighted by Gasteiger charge is 2.37. The van der Waals surface area contributed by atoms with Crippen LogP contribution < -0.4 is 10.2 Å². The molecule has 0 saturated carbocycles. The maximum Gasteiger partial charge on any atom is 0.416 e. The second-order valence-electron chi connectivity index (χ2n) is 8.36. The van der Waals surface area contributed by atoms with Gasteiger partial charge in [0.25, 0.3) is 5.95 Å². The molecule has 0 bridgehead atoms. The van der Waals surface area contributed by atoms with E-state index in [-0.39, 0.29) is 24.1 Å². The third-order valence-electron chi connectivity index (χ3n) is 5.96. The average Bonchev–Trinajstić information content (AvgIpc) is 3.21. The number of nitrogens with one attached hydrogen (secondary N) is 2. The molecule has 0 amide bonds. The molecule has 1 aliphatic heterocycles. The van der Waals surface area contributed by atoms with Gasteiger partial charge in [-0.15, -0.1) is 5.10 Å². The van der Waals surface area contributed by atoms with Crippen molar-refractivity contribution in [1.29, 1.82) is 0 Å². The molecule has 3 aromatic rings. The Morgan fingerprint density at radius 3 is 2.18 bits per heavy atom. The normalized spacial score (nSPS) is 16.5. The van der Waals surface area contributed by atoms with Crippen LogP contribution in [0.4, 0.5) is 38.0 Å². The van der Waals surface area contributed by atoms with Gasteiger partial charge in [-0.05, 0) is 78.4 Å². The highest BCUT2D eigenvalue weighted by molar-refractivity contribution is 5.59. The minimum Gasteiger partial charge on any atom is -0.385 e. The van der Waals surface area contributed by atoms with Crippen LogP contribution in [-0.2, 0) is 18.9 Å². The van der Waals surface area contributed by atoms with Crippen molar-refractivity contribution < 1.29 is 26.3 Å². The lowest BCUT2D eigenvalue weighted by Crippen LogP contribution is -2.30. The largest absolute Gasteiger partial charge is 0.416 e. The fraction of sp³-hybridized carbons (Fsp3) is 0.409. The third kappa shape index (κ3) is 4.95. The van der Waals surface area contributed by atoms with E-state index >= 15 is 0 Å². The Labute approximate surface area is 191 Å². The molecule has 1 atom stereocenters. The molecule has 1 aromatic heterocycles. The van der Waals surface area contributed by atoms with E-state index in [0.717, 1.165) is 40.9 Å². The summed E-state index contributed by atoms with van der Waals surface area (Å²) in [6.07, 6.45) is -8.55. The van der Waals surface area contributed by atoms with Gasteiger partial charge in [-0.2, -0.15) is 31.6 Å². The number of aromatic amines is 1. The summed E-state index contributed by atoms with van der Waals surface area (Å²) in [6.45, 7) is 4.31. The number of aromatic nitrogens is 4. The lowest BCUT2D eigenvalue weighted by atomic mass is 9.95.